The second-order valence-electron chi connectivity index (χ2n) is 3.52. The van der Waals surface area contributed by atoms with E-state index >= 15 is 0 Å². The maximum absolute atomic E-state index is 11.5. The van der Waals surface area contributed by atoms with Crippen LogP contribution in [0.4, 0.5) is 0 Å². The van der Waals surface area contributed by atoms with Gasteiger partial charge in [0.05, 0.1) is 0 Å². The van der Waals surface area contributed by atoms with Gasteiger partial charge in [-0.05, 0) is 19.4 Å². The second kappa shape index (κ2) is 3.69. The first-order chi connectivity index (χ1) is 7.18. The molecule has 3 heteroatoms. The first kappa shape index (κ1) is 9.65. The van der Waals surface area contributed by atoms with Gasteiger partial charge in [-0.2, -0.15) is 0 Å². The third kappa shape index (κ3) is 1.81. The van der Waals surface area contributed by atoms with Crippen molar-refractivity contribution in [2.75, 3.05) is 0 Å². The molecule has 0 aliphatic carbocycles. The lowest BCUT2D eigenvalue weighted by Crippen LogP contribution is -2.10. The molecule has 0 unspecified atom stereocenters. The SMILES string of the molecule is CC(C)=C1N=C(c2ccccc2)C(=O)O1. The molecule has 0 aromatic heterocycles. The topological polar surface area (TPSA) is 38.7 Å². The van der Waals surface area contributed by atoms with Crippen LogP contribution in [0.2, 0.25) is 0 Å². The quantitative estimate of drug-likeness (QED) is 0.654. The third-order valence-corrected chi connectivity index (χ3v) is 2.07. The van der Waals surface area contributed by atoms with Gasteiger partial charge in [0.2, 0.25) is 5.88 Å². The Morgan fingerprint density at radius 1 is 1.20 bits per heavy atom. The average molecular weight is 201 g/mol. The average Bonchev–Trinajstić information content (AvgIpc) is 2.62. The summed E-state index contributed by atoms with van der Waals surface area (Å²) in [5.41, 5.74) is 2.07. The summed E-state index contributed by atoms with van der Waals surface area (Å²) in [7, 11) is 0. The standard InChI is InChI=1S/C12H11NO2/c1-8(2)11-13-10(12(14)15-11)9-6-4-3-5-7-9/h3-7H,1-2H3. The van der Waals surface area contributed by atoms with Crippen LogP contribution in [0.1, 0.15) is 19.4 Å². The molecule has 2 rings (SSSR count). The van der Waals surface area contributed by atoms with Crippen LogP contribution in [0, 0.1) is 0 Å². The predicted octanol–water partition coefficient (Wildman–Crippen LogP) is 2.28. The number of hydrogen-bond acceptors (Lipinski definition) is 3. The summed E-state index contributed by atoms with van der Waals surface area (Å²) in [6.07, 6.45) is 0. The first-order valence-electron chi connectivity index (χ1n) is 4.72. The van der Waals surface area contributed by atoms with Gasteiger partial charge in [0.25, 0.3) is 0 Å². The molecule has 3 nitrogen and oxygen atoms in total. The van der Waals surface area contributed by atoms with E-state index in [0.29, 0.717) is 11.6 Å². The van der Waals surface area contributed by atoms with Crippen molar-refractivity contribution in [3.63, 3.8) is 0 Å². The fourth-order valence-electron chi connectivity index (χ4n) is 1.30. The van der Waals surface area contributed by atoms with Gasteiger partial charge in [0, 0.05) is 5.56 Å². The number of nitrogens with zero attached hydrogens (tertiary/aromatic N) is 1. The zero-order valence-corrected chi connectivity index (χ0v) is 8.65. The number of carbonyl (C=O) groups is 1. The Morgan fingerprint density at radius 2 is 1.87 bits per heavy atom. The number of hydrogen-bond donors (Lipinski definition) is 0. The first-order valence-corrected chi connectivity index (χ1v) is 4.72. The number of aliphatic imine (C=N–C) groups is 1. The van der Waals surface area contributed by atoms with Crippen molar-refractivity contribution in [2.45, 2.75) is 13.8 Å². The van der Waals surface area contributed by atoms with E-state index in [1.807, 2.05) is 44.2 Å². The monoisotopic (exact) mass is 201 g/mol. The summed E-state index contributed by atoms with van der Waals surface area (Å²) in [6, 6.07) is 9.31. The smallest absolute Gasteiger partial charge is 0.364 e. The van der Waals surface area contributed by atoms with Crippen molar-refractivity contribution in [3.05, 3.63) is 47.4 Å². The Bertz CT molecular complexity index is 454. The molecule has 15 heavy (non-hydrogen) atoms. The normalized spacial score (nSPS) is 14.9. The molecule has 1 aliphatic heterocycles. The lowest BCUT2D eigenvalue weighted by molar-refractivity contribution is -0.130. The van der Waals surface area contributed by atoms with Crippen LogP contribution in [-0.4, -0.2) is 11.7 Å². The Labute approximate surface area is 88.1 Å². The van der Waals surface area contributed by atoms with Crippen LogP contribution >= 0.6 is 0 Å². The van der Waals surface area contributed by atoms with Crippen LogP contribution in [0.3, 0.4) is 0 Å². The highest BCUT2D eigenvalue weighted by molar-refractivity contribution is 6.44. The van der Waals surface area contributed by atoms with Crippen molar-refractivity contribution >= 4 is 11.7 Å². The number of benzene rings is 1. The van der Waals surface area contributed by atoms with Crippen molar-refractivity contribution in [3.8, 4) is 0 Å². The molecule has 1 aliphatic rings. The molecule has 0 bridgehead atoms. The van der Waals surface area contributed by atoms with Gasteiger partial charge in [-0.25, -0.2) is 9.79 Å². The van der Waals surface area contributed by atoms with Gasteiger partial charge in [0.1, 0.15) is 0 Å². The minimum absolute atomic E-state index is 0.377. The van der Waals surface area contributed by atoms with E-state index in [9.17, 15) is 4.79 Å². The zero-order valence-electron chi connectivity index (χ0n) is 8.65. The van der Waals surface area contributed by atoms with Crippen molar-refractivity contribution in [2.24, 2.45) is 4.99 Å². The number of carbonyl (C=O) groups excluding carboxylic acids is 1. The Morgan fingerprint density at radius 3 is 2.40 bits per heavy atom. The molecule has 0 fully saturated rings. The van der Waals surface area contributed by atoms with Crippen LogP contribution in [-0.2, 0) is 9.53 Å². The number of rotatable bonds is 1. The van der Waals surface area contributed by atoms with E-state index in [0.717, 1.165) is 11.1 Å². The van der Waals surface area contributed by atoms with Crippen molar-refractivity contribution in [1.82, 2.24) is 0 Å². The molecule has 0 amide bonds. The fraction of sp³-hybridized carbons (Fsp3) is 0.167. The van der Waals surface area contributed by atoms with E-state index in [1.165, 1.54) is 0 Å². The number of ether oxygens (including phenoxy) is 1. The lowest BCUT2D eigenvalue weighted by Gasteiger charge is -1.95. The van der Waals surface area contributed by atoms with Gasteiger partial charge in [0.15, 0.2) is 5.71 Å². The third-order valence-electron chi connectivity index (χ3n) is 2.07. The molecule has 1 heterocycles. The Hall–Kier alpha value is -1.90. The molecule has 1 aromatic rings. The van der Waals surface area contributed by atoms with Gasteiger partial charge in [-0.3, -0.25) is 0 Å². The van der Waals surface area contributed by atoms with Crippen LogP contribution < -0.4 is 0 Å². The fourth-order valence-corrected chi connectivity index (χ4v) is 1.30. The zero-order chi connectivity index (χ0) is 10.8. The molecule has 0 atom stereocenters. The molecule has 0 radical (unpaired) electrons. The van der Waals surface area contributed by atoms with E-state index < -0.39 is 0 Å². The molecule has 0 saturated carbocycles. The molecular formula is C12H11NO2. The maximum atomic E-state index is 11.5. The predicted molar refractivity (Wildman–Crippen MR) is 57.4 cm³/mol. The second-order valence-corrected chi connectivity index (χ2v) is 3.52. The molecule has 0 saturated heterocycles. The summed E-state index contributed by atoms with van der Waals surface area (Å²) in [4.78, 5) is 15.7. The van der Waals surface area contributed by atoms with Crippen molar-refractivity contribution in [1.29, 1.82) is 0 Å². The van der Waals surface area contributed by atoms with E-state index in [-0.39, 0.29) is 5.97 Å². The lowest BCUT2D eigenvalue weighted by atomic mass is 10.1. The summed E-state index contributed by atoms with van der Waals surface area (Å²) in [5.74, 6) is 0.0382. The number of esters is 1. The molecule has 1 aromatic carbocycles. The summed E-state index contributed by atoms with van der Waals surface area (Å²) >= 11 is 0. The van der Waals surface area contributed by atoms with E-state index in [2.05, 4.69) is 4.99 Å². The maximum Gasteiger partial charge on any atom is 0.364 e. The number of cyclic esters (lactones) is 1. The van der Waals surface area contributed by atoms with Gasteiger partial charge in [-0.15, -0.1) is 0 Å². The number of allylic oxidation sites excluding steroid dienone is 1. The summed E-state index contributed by atoms with van der Waals surface area (Å²) < 4.78 is 5.03. The van der Waals surface area contributed by atoms with Gasteiger partial charge < -0.3 is 4.74 Å². The minimum atomic E-state index is -0.377. The highest BCUT2D eigenvalue weighted by Gasteiger charge is 2.25. The van der Waals surface area contributed by atoms with Gasteiger partial charge >= 0.3 is 5.97 Å². The summed E-state index contributed by atoms with van der Waals surface area (Å²) in [5, 5.41) is 0. The summed E-state index contributed by atoms with van der Waals surface area (Å²) in [6.45, 7) is 3.72. The highest BCUT2D eigenvalue weighted by Crippen LogP contribution is 2.18. The van der Waals surface area contributed by atoms with E-state index in [1.54, 1.807) is 0 Å². The molecular weight excluding hydrogens is 190 g/mol. The highest BCUT2D eigenvalue weighted by atomic mass is 16.6. The Balaban J connectivity index is 2.44. The van der Waals surface area contributed by atoms with E-state index in [4.69, 9.17) is 4.74 Å². The molecule has 0 N–H and O–H groups in total. The molecule has 0 spiro atoms. The minimum Gasteiger partial charge on any atom is -0.403 e. The largest absolute Gasteiger partial charge is 0.403 e. The molecule has 76 valence electrons. The van der Waals surface area contributed by atoms with Crippen molar-refractivity contribution < 1.29 is 9.53 Å². The Kier molecular flexibility index (Phi) is 2.37. The van der Waals surface area contributed by atoms with Crippen LogP contribution in [0.5, 0.6) is 0 Å². The van der Waals surface area contributed by atoms with Gasteiger partial charge in [-0.1, -0.05) is 30.3 Å². The van der Waals surface area contributed by atoms with Crippen LogP contribution in [0.25, 0.3) is 0 Å². The van der Waals surface area contributed by atoms with Crippen LogP contribution in [0.15, 0.2) is 46.8 Å².